The Kier molecular flexibility index (Phi) is 4.99. The van der Waals surface area contributed by atoms with Crippen molar-refractivity contribution in [3.63, 3.8) is 0 Å². The van der Waals surface area contributed by atoms with Crippen LogP contribution in [0.3, 0.4) is 0 Å². The van der Waals surface area contributed by atoms with Crippen molar-refractivity contribution < 1.29 is 18.8 Å². The summed E-state index contributed by atoms with van der Waals surface area (Å²) in [7, 11) is 0. The van der Waals surface area contributed by atoms with E-state index in [-0.39, 0.29) is 13.1 Å². The van der Waals surface area contributed by atoms with Gasteiger partial charge in [0.2, 0.25) is 0 Å². The van der Waals surface area contributed by atoms with Crippen LogP contribution in [0.1, 0.15) is 18.4 Å². The summed E-state index contributed by atoms with van der Waals surface area (Å²) in [5, 5.41) is 8.55. The van der Waals surface area contributed by atoms with Gasteiger partial charge in [0.25, 0.3) is 0 Å². The number of hydrogen-bond donors (Lipinski definition) is 2. The molecule has 17 heavy (non-hydrogen) atoms. The molecule has 0 atom stereocenters. The van der Waals surface area contributed by atoms with Crippen molar-refractivity contribution in [2.45, 2.75) is 20.4 Å². The minimum Gasteiger partial charge on any atom is -0.465 e. The SMILES string of the molecule is CCOC(=O)CNC(=O)NCc1cc(C)no1. The number of urea groups is 1. The van der Waals surface area contributed by atoms with Gasteiger partial charge < -0.3 is 19.9 Å². The number of esters is 1. The van der Waals surface area contributed by atoms with E-state index in [1.165, 1.54) is 0 Å². The van der Waals surface area contributed by atoms with Crippen molar-refractivity contribution >= 4 is 12.0 Å². The molecule has 7 heteroatoms. The van der Waals surface area contributed by atoms with Crippen molar-refractivity contribution in [3.05, 3.63) is 17.5 Å². The molecule has 0 radical (unpaired) electrons. The second-order valence-electron chi connectivity index (χ2n) is 3.28. The zero-order chi connectivity index (χ0) is 12.7. The van der Waals surface area contributed by atoms with Gasteiger partial charge in [-0.2, -0.15) is 0 Å². The standard InChI is InChI=1S/C10H15N3O4/c1-3-16-9(14)6-12-10(15)11-5-8-4-7(2)13-17-8/h4H,3,5-6H2,1-2H3,(H2,11,12,15). The van der Waals surface area contributed by atoms with Gasteiger partial charge in [-0.15, -0.1) is 0 Å². The van der Waals surface area contributed by atoms with Gasteiger partial charge in [-0.1, -0.05) is 5.16 Å². The van der Waals surface area contributed by atoms with Crippen LogP contribution >= 0.6 is 0 Å². The lowest BCUT2D eigenvalue weighted by Crippen LogP contribution is -2.38. The van der Waals surface area contributed by atoms with Crippen LogP contribution in [-0.2, 0) is 16.1 Å². The molecule has 2 amide bonds. The number of nitrogens with one attached hydrogen (secondary N) is 2. The van der Waals surface area contributed by atoms with E-state index < -0.39 is 12.0 Å². The Morgan fingerprint density at radius 3 is 2.82 bits per heavy atom. The highest BCUT2D eigenvalue weighted by Gasteiger charge is 2.06. The molecule has 0 fully saturated rings. The summed E-state index contributed by atoms with van der Waals surface area (Å²) in [5.41, 5.74) is 0.744. The van der Waals surface area contributed by atoms with Crippen molar-refractivity contribution in [1.82, 2.24) is 15.8 Å². The van der Waals surface area contributed by atoms with Crippen molar-refractivity contribution in [1.29, 1.82) is 0 Å². The molecule has 1 aromatic heterocycles. The highest BCUT2D eigenvalue weighted by atomic mass is 16.5. The van der Waals surface area contributed by atoms with Crippen LogP contribution in [0, 0.1) is 6.92 Å². The van der Waals surface area contributed by atoms with Crippen LogP contribution in [0.5, 0.6) is 0 Å². The first-order valence-electron chi connectivity index (χ1n) is 5.21. The quantitative estimate of drug-likeness (QED) is 0.725. The molecule has 7 nitrogen and oxygen atoms in total. The second-order valence-corrected chi connectivity index (χ2v) is 3.28. The maximum atomic E-state index is 11.2. The predicted octanol–water partition coefficient (Wildman–Crippen LogP) is 0.345. The first-order valence-corrected chi connectivity index (χ1v) is 5.21. The fourth-order valence-corrected chi connectivity index (χ4v) is 1.09. The molecule has 1 rings (SSSR count). The molecule has 1 heterocycles. The van der Waals surface area contributed by atoms with Gasteiger partial charge in [0, 0.05) is 6.07 Å². The molecule has 0 saturated heterocycles. The van der Waals surface area contributed by atoms with Gasteiger partial charge in [0.1, 0.15) is 6.54 Å². The second kappa shape index (κ2) is 6.51. The Bertz CT molecular complexity index is 389. The highest BCUT2D eigenvalue weighted by Crippen LogP contribution is 2.00. The molecule has 1 aromatic rings. The first kappa shape index (κ1) is 13.0. The molecule has 94 valence electrons. The van der Waals surface area contributed by atoms with Crippen LogP contribution in [0.25, 0.3) is 0 Å². The van der Waals surface area contributed by atoms with Crippen molar-refractivity contribution in [2.75, 3.05) is 13.2 Å². The van der Waals surface area contributed by atoms with E-state index in [2.05, 4.69) is 20.5 Å². The number of aromatic nitrogens is 1. The molecule has 0 aromatic carbocycles. The van der Waals surface area contributed by atoms with Crippen LogP contribution in [0.4, 0.5) is 4.79 Å². The number of nitrogens with zero attached hydrogens (tertiary/aromatic N) is 1. The lowest BCUT2D eigenvalue weighted by atomic mass is 10.4. The fourth-order valence-electron chi connectivity index (χ4n) is 1.09. The summed E-state index contributed by atoms with van der Waals surface area (Å²) in [6.45, 7) is 3.84. The van der Waals surface area contributed by atoms with Gasteiger partial charge in [-0.3, -0.25) is 4.79 Å². The minimum absolute atomic E-state index is 0.158. The monoisotopic (exact) mass is 241 g/mol. The van der Waals surface area contributed by atoms with E-state index >= 15 is 0 Å². The molecule has 2 N–H and O–H groups in total. The number of ether oxygens (including phenoxy) is 1. The summed E-state index contributed by atoms with van der Waals surface area (Å²) in [6, 6.07) is 1.25. The molecule has 0 spiro atoms. The van der Waals surface area contributed by atoms with Gasteiger partial charge in [-0.25, -0.2) is 4.79 Å². The van der Waals surface area contributed by atoms with E-state index in [1.807, 2.05) is 0 Å². The average molecular weight is 241 g/mol. The Morgan fingerprint density at radius 1 is 1.47 bits per heavy atom. The van der Waals surface area contributed by atoms with E-state index in [4.69, 9.17) is 4.52 Å². The third-order valence-corrected chi connectivity index (χ3v) is 1.80. The summed E-state index contributed by atoms with van der Waals surface area (Å²) < 4.78 is 9.54. The molecular weight excluding hydrogens is 226 g/mol. The number of hydrogen-bond acceptors (Lipinski definition) is 5. The molecule has 0 aliphatic rings. The van der Waals surface area contributed by atoms with Crippen molar-refractivity contribution in [2.24, 2.45) is 0 Å². The van der Waals surface area contributed by atoms with Gasteiger partial charge in [-0.05, 0) is 13.8 Å². The third-order valence-electron chi connectivity index (χ3n) is 1.80. The summed E-state index contributed by atoms with van der Waals surface area (Å²) in [6.07, 6.45) is 0. The highest BCUT2D eigenvalue weighted by molar-refractivity contribution is 5.80. The molecule has 0 aliphatic carbocycles. The van der Waals surface area contributed by atoms with Crippen LogP contribution in [-0.4, -0.2) is 30.3 Å². The van der Waals surface area contributed by atoms with Gasteiger partial charge in [0.05, 0.1) is 18.8 Å². The molecule has 0 aliphatic heterocycles. The fraction of sp³-hybridized carbons (Fsp3) is 0.500. The van der Waals surface area contributed by atoms with E-state index in [9.17, 15) is 9.59 Å². The summed E-state index contributed by atoms with van der Waals surface area (Å²) in [5.74, 6) is 0.0759. The molecule has 0 bridgehead atoms. The molecule has 0 saturated carbocycles. The lowest BCUT2D eigenvalue weighted by Gasteiger charge is -2.05. The van der Waals surface area contributed by atoms with Crippen molar-refractivity contribution in [3.8, 4) is 0 Å². The topological polar surface area (TPSA) is 93.5 Å². The van der Waals surface area contributed by atoms with Gasteiger partial charge in [0.15, 0.2) is 5.76 Å². The average Bonchev–Trinajstić information content (AvgIpc) is 2.70. The molecule has 0 unspecified atom stereocenters. The van der Waals surface area contributed by atoms with Crippen LogP contribution < -0.4 is 10.6 Å². The third kappa shape index (κ3) is 5.01. The summed E-state index contributed by atoms with van der Waals surface area (Å²) >= 11 is 0. The number of amides is 2. The maximum Gasteiger partial charge on any atom is 0.325 e. The predicted molar refractivity (Wildman–Crippen MR) is 58.1 cm³/mol. The number of rotatable bonds is 5. The van der Waals surface area contributed by atoms with E-state index in [0.717, 1.165) is 5.69 Å². The lowest BCUT2D eigenvalue weighted by molar-refractivity contribution is -0.141. The number of aryl methyl sites for hydroxylation is 1. The van der Waals surface area contributed by atoms with E-state index in [0.29, 0.717) is 12.4 Å². The number of carbonyl (C=O) groups excluding carboxylic acids is 2. The zero-order valence-corrected chi connectivity index (χ0v) is 9.78. The summed E-state index contributed by atoms with van der Waals surface area (Å²) in [4.78, 5) is 22.2. The first-order chi connectivity index (χ1) is 8.11. The number of carbonyl (C=O) groups is 2. The Hall–Kier alpha value is -2.05. The maximum absolute atomic E-state index is 11.2. The Balaban J connectivity index is 2.19. The van der Waals surface area contributed by atoms with Gasteiger partial charge >= 0.3 is 12.0 Å². The largest absolute Gasteiger partial charge is 0.465 e. The zero-order valence-electron chi connectivity index (χ0n) is 9.78. The molecular formula is C10H15N3O4. The minimum atomic E-state index is -0.474. The van der Waals surface area contributed by atoms with Crippen LogP contribution in [0.15, 0.2) is 10.6 Å². The smallest absolute Gasteiger partial charge is 0.325 e. The normalized spacial score (nSPS) is 9.76. The Morgan fingerprint density at radius 2 is 2.24 bits per heavy atom. The Labute approximate surface area is 98.5 Å². The van der Waals surface area contributed by atoms with E-state index in [1.54, 1.807) is 19.9 Å². The van der Waals surface area contributed by atoms with Crippen LogP contribution in [0.2, 0.25) is 0 Å².